The third-order valence-electron chi connectivity index (χ3n) is 2.62. The quantitative estimate of drug-likeness (QED) is 0.659. The van der Waals surface area contributed by atoms with Crippen LogP contribution in [0.2, 0.25) is 0 Å². The van der Waals surface area contributed by atoms with Crippen LogP contribution in [0.4, 0.5) is 0 Å². The number of unbranched alkanes of at least 4 members (excludes halogenated alkanes) is 1. The monoisotopic (exact) mass is 227 g/mol. The normalized spacial score (nSPS) is 11.9. The van der Waals surface area contributed by atoms with Crippen molar-refractivity contribution >= 4 is 5.91 Å². The predicted molar refractivity (Wildman–Crippen MR) is 70.4 cm³/mol. The second-order valence-electron chi connectivity index (χ2n) is 6.30. The van der Waals surface area contributed by atoms with E-state index in [0.717, 1.165) is 25.8 Å². The molecular formula is C14H29NO. The van der Waals surface area contributed by atoms with E-state index in [-0.39, 0.29) is 5.91 Å². The molecule has 96 valence electrons. The van der Waals surface area contributed by atoms with Crippen molar-refractivity contribution in [2.75, 3.05) is 6.54 Å². The number of rotatable bonds is 7. The molecule has 0 aliphatic carbocycles. The Hall–Kier alpha value is -0.530. The van der Waals surface area contributed by atoms with Gasteiger partial charge in [-0.05, 0) is 30.6 Å². The number of carbonyl (C=O) groups excluding carboxylic acids is 1. The first-order valence-corrected chi connectivity index (χ1v) is 6.58. The third kappa shape index (κ3) is 11.5. The minimum atomic E-state index is 0.217. The predicted octanol–water partition coefficient (Wildman–Crippen LogP) is 3.76. The molecular weight excluding hydrogens is 198 g/mol. The molecule has 0 spiro atoms. The van der Waals surface area contributed by atoms with E-state index in [4.69, 9.17) is 0 Å². The first-order valence-electron chi connectivity index (χ1n) is 6.58. The second-order valence-corrected chi connectivity index (χ2v) is 6.30. The van der Waals surface area contributed by atoms with Crippen LogP contribution in [0.1, 0.15) is 66.7 Å². The average molecular weight is 227 g/mol. The molecule has 1 N–H and O–H groups in total. The van der Waals surface area contributed by atoms with Gasteiger partial charge in [0.05, 0.1) is 0 Å². The molecule has 0 heterocycles. The van der Waals surface area contributed by atoms with Crippen molar-refractivity contribution in [3.8, 4) is 0 Å². The summed E-state index contributed by atoms with van der Waals surface area (Å²) in [7, 11) is 0. The first-order chi connectivity index (χ1) is 7.31. The highest BCUT2D eigenvalue weighted by Crippen LogP contribution is 2.21. The molecule has 0 atom stereocenters. The Morgan fingerprint density at radius 1 is 1.19 bits per heavy atom. The number of hydrogen-bond donors (Lipinski definition) is 1. The Bertz CT molecular complexity index is 191. The Balaban J connectivity index is 3.38. The number of carbonyl (C=O) groups is 1. The molecule has 1 amide bonds. The van der Waals surface area contributed by atoms with Crippen molar-refractivity contribution in [2.24, 2.45) is 11.3 Å². The van der Waals surface area contributed by atoms with Gasteiger partial charge in [0.15, 0.2) is 0 Å². The van der Waals surface area contributed by atoms with Crippen LogP contribution >= 0.6 is 0 Å². The van der Waals surface area contributed by atoms with Crippen molar-refractivity contribution in [1.82, 2.24) is 5.32 Å². The van der Waals surface area contributed by atoms with Crippen molar-refractivity contribution in [3.63, 3.8) is 0 Å². The van der Waals surface area contributed by atoms with E-state index >= 15 is 0 Å². The van der Waals surface area contributed by atoms with Gasteiger partial charge in [-0.1, -0.05) is 41.0 Å². The molecule has 0 rings (SSSR count). The number of hydrogen-bond acceptors (Lipinski definition) is 1. The van der Waals surface area contributed by atoms with Crippen LogP contribution in [0.3, 0.4) is 0 Å². The smallest absolute Gasteiger partial charge is 0.219 e. The molecule has 0 radical (unpaired) electrons. The van der Waals surface area contributed by atoms with E-state index in [1.54, 1.807) is 0 Å². The Morgan fingerprint density at radius 3 is 2.31 bits per heavy atom. The largest absolute Gasteiger partial charge is 0.356 e. The molecule has 2 nitrogen and oxygen atoms in total. The van der Waals surface area contributed by atoms with Crippen LogP contribution in [0, 0.1) is 11.3 Å². The fraction of sp³-hybridized carbons (Fsp3) is 0.929. The Kier molecular flexibility index (Phi) is 7.44. The van der Waals surface area contributed by atoms with Crippen molar-refractivity contribution < 1.29 is 4.79 Å². The minimum absolute atomic E-state index is 0.217. The summed E-state index contributed by atoms with van der Waals surface area (Å²) in [5.74, 6) is 0.885. The van der Waals surface area contributed by atoms with Crippen LogP contribution in [0.5, 0.6) is 0 Å². The maximum absolute atomic E-state index is 11.4. The summed E-state index contributed by atoms with van der Waals surface area (Å²) < 4.78 is 0. The molecule has 0 saturated heterocycles. The lowest BCUT2D eigenvalue weighted by atomic mass is 9.89. The summed E-state index contributed by atoms with van der Waals surface area (Å²) >= 11 is 0. The second kappa shape index (κ2) is 7.70. The van der Waals surface area contributed by atoms with Crippen LogP contribution in [-0.4, -0.2) is 12.5 Å². The minimum Gasteiger partial charge on any atom is -0.356 e. The lowest BCUT2D eigenvalue weighted by Crippen LogP contribution is -2.24. The summed E-state index contributed by atoms with van der Waals surface area (Å²) in [5, 5.41) is 2.97. The zero-order valence-corrected chi connectivity index (χ0v) is 11.7. The summed E-state index contributed by atoms with van der Waals surface area (Å²) in [6.45, 7) is 11.9. The molecule has 0 aliphatic heterocycles. The Labute approximate surface area is 101 Å². The average Bonchev–Trinajstić information content (AvgIpc) is 2.10. The highest BCUT2D eigenvalue weighted by molar-refractivity contribution is 5.75. The molecule has 0 aliphatic rings. The summed E-state index contributed by atoms with van der Waals surface area (Å²) in [6.07, 6.45) is 5.14. The van der Waals surface area contributed by atoms with Gasteiger partial charge < -0.3 is 5.32 Å². The lowest BCUT2D eigenvalue weighted by Gasteiger charge is -2.17. The first kappa shape index (κ1) is 15.5. The third-order valence-corrected chi connectivity index (χ3v) is 2.62. The SMILES string of the molecule is CC(C)CCNC(=O)CCCCC(C)(C)C. The zero-order chi connectivity index (χ0) is 12.6. The molecule has 0 saturated carbocycles. The van der Waals surface area contributed by atoms with Crippen LogP contribution < -0.4 is 5.32 Å². The molecule has 2 heteroatoms. The van der Waals surface area contributed by atoms with Gasteiger partial charge in [-0.25, -0.2) is 0 Å². The number of amides is 1. The van der Waals surface area contributed by atoms with Gasteiger partial charge in [0.25, 0.3) is 0 Å². The van der Waals surface area contributed by atoms with E-state index in [1.165, 1.54) is 6.42 Å². The number of nitrogens with one attached hydrogen (secondary N) is 1. The van der Waals surface area contributed by atoms with Gasteiger partial charge >= 0.3 is 0 Å². The molecule has 0 fully saturated rings. The molecule has 16 heavy (non-hydrogen) atoms. The van der Waals surface area contributed by atoms with Gasteiger partial charge in [0, 0.05) is 13.0 Å². The van der Waals surface area contributed by atoms with E-state index in [0.29, 0.717) is 17.8 Å². The van der Waals surface area contributed by atoms with Gasteiger partial charge in [0.1, 0.15) is 0 Å². The molecule has 0 aromatic rings. The van der Waals surface area contributed by atoms with E-state index in [9.17, 15) is 4.79 Å². The van der Waals surface area contributed by atoms with E-state index < -0.39 is 0 Å². The molecule has 0 aromatic carbocycles. The maximum atomic E-state index is 11.4. The van der Waals surface area contributed by atoms with Crippen LogP contribution in [0.25, 0.3) is 0 Å². The highest BCUT2D eigenvalue weighted by atomic mass is 16.1. The van der Waals surface area contributed by atoms with Gasteiger partial charge in [-0.2, -0.15) is 0 Å². The fourth-order valence-electron chi connectivity index (χ4n) is 1.53. The lowest BCUT2D eigenvalue weighted by molar-refractivity contribution is -0.121. The van der Waals surface area contributed by atoms with E-state index in [2.05, 4.69) is 39.9 Å². The van der Waals surface area contributed by atoms with Gasteiger partial charge in [-0.3, -0.25) is 4.79 Å². The summed E-state index contributed by atoms with van der Waals surface area (Å²) in [4.78, 5) is 11.4. The van der Waals surface area contributed by atoms with Crippen molar-refractivity contribution in [1.29, 1.82) is 0 Å². The van der Waals surface area contributed by atoms with E-state index in [1.807, 2.05) is 0 Å². The highest BCUT2D eigenvalue weighted by Gasteiger charge is 2.09. The van der Waals surface area contributed by atoms with Crippen molar-refractivity contribution in [3.05, 3.63) is 0 Å². The maximum Gasteiger partial charge on any atom is 0.219 e. The van der Waals surface area contributed by atoms with Crippen LogP contribution in [-0.2, 0) is 4.79 Å². The van der Waals surface area contributed by atoms with Crippen LogP contribution in [0.15, 0.2) is 0 Å². The standard InChI is InChI=1S/C14H29NO/c1-12(2)9-11-15-13(16)8-6-7-10-14(3,4)5/h12H,6-11H2,1-5H3,(H,15,16). The summed E-state index contributed by atoms with van der Waals surface area (Å²) in [5.41, 5.74) is 0.397. The molecule has 0 bridgehead atoms. The topological polar surface area (TPSA) is 29.1 Å². The van der Waals surface area contributed by atoms with Crippen molar-refractivity contribution in [2.45, 2.75) is 66.7 Å². The molecule has 0 unspecified atom stereocenters. The van der Waals surface area contributed by atoms with Gasteiger partial charge in [0.2, 0.25) is 5.91 Å². The Morgan fingerprint density at radius 2 is 1.81 bits per heavy atom. The molecule has 0 aromatic heterocycles. The summed E-state index contributed by atoms with van der Waals surface area (Å²) in [6, 6.07) is 0. The fourth-order valence-corrected chi connectivity index (χ4v) is 1.53. The van der Waals surface area contributed by atoms with Gasteiger partial charge in [-0.15, -0.1) is 0 Å². The zero-order valence-electron chi connectivity index (χ0n) is 11.7.